The van der Waals surface area contributed by atoms with E-state index in [9.17, 15) is 17.6 Å². The van der Waals surface area contributed by atoms with Crippen LogP contribution in [0.25, 0.3) is 17.0 Å². The number of hydrogen-bond acceptors (Lipinski definition) is 7. The number of nitrogens with zero attached hydrogens (tertiary/aromatic N) is 5. The first kappa shape index (κ1) is 19.4. The zero-order valence-corrected chi connectivity index (χ0v) is 15.0. The molecule has 2 heterocycles. The number of rotatable bonds is 6. The Balaban J connectivity index is 1.71. The number of hydrogen-bond donors (Lipinski definition) is 2. The van der Waals surface area contributed by atoms with Crippen molar-refractivity contribution in [3.05, 3.63) is 54.4 Å². The zero-order chi connectivity index (χ0) is 21.3. The van der Waals surface area contributed by atoms with Crippen LogP contribution in [0.4, 0.5) is 35.1 Å². The van der Waals surface area contributed by atoms with Crippen LogP contribution in [0, 0.1) is 0 Å². The standard InChI is InChI=1S/C18H13F4N7O/c19-13(20)14-25-11-3-1-2-4-12(11)29(14)18-27-16(23)26-17(28-18)24-9-5-7-10(8-6-9)30-15(21)22/h1-8,13,15H,(H3,23,24,26,27,28). The molecule has 0 aliphatic carbocycles. The number of fused-ring (bicyclic) bond motifs is 1. The van der Waals surface area contributed by atoms with Gasteiger partial charge < -0.3 is 15.8 Å². The summed E-state index contributed by atoms with van der Waals surface area (Å²) >= 11 is 0. The van der Waals surface area contributed by atoms with E-state index in [-0.39, 0.29) is 23.6 Å². The predicted octanol–water partition coefficient (Wildman–Crippen LogP) is 4.08. The lowest BCUT2D eigenvalue weighted by atomic mass is 10.3. The van der Waals surface area contributed by atoms with Gasteiger partial charge in [0.05, 0.1) is 11.0 Å². The minimum absolute atomic E-state index is 0.0296. The van der Waals surface area contributed by atoms with E-state index >= 15 is 0 Å². The highest BCUT2D eigenvalue weighted by Gasteiger charge is 2.22. The monoisotopic (exact) mass is 419 g/mol. The Morgan fingerprint density at radius 2 is 1.63 bits per heavy atom. The molecule has 154 valence electrons. The number of imidazole rings is 1. The van der Waals surface area contributed by atoms with Crippen molar-refractivity contribution in [2.45, 2.75) is 13.0 Å². The molecule has 30 heavy (non-hydrogen) atoms. The molecule has 0 unspecified atom stereocenters. The first-order chi connectivity index (χ1) is 14.4. The molecule has 4 rings (SSSR count). The summed E-state index contributed by atoms with van der Waals surface area (Å²) < 4.78 is 57.0. The number of aromatic nitrogens is 5. The normalized spacial score (nSPS) is 11.4. The summed E-state index contributed by atoms with van der Waals surface area (Å²) in [5.41, 5.74) is 6.89. The Kier molecular flexibility index (Phi) is 5.04. The highest BCUT2D eigenvalue weighted by atomic mass is 19.3. The number of halogens is 4. The van der Waals surface area contributed by atoms with Crippen molar-refractivity contribution >= 4 is 28.6 Å². The number of nitrogens with two attached hydrogens (primary N) is 1. The van der Waals surface area contributed by atoms with Crippen molar-refractivity contribution in [3.8, 4) is 11.7 Å². The fourth-order valence-corrected chi connectivity index (χ4v) is 2.79. The summed E-state index contributed by atoms with van der Waals surface area (Å²) in [6.45, 7) is -2.94. The lowest BCUT2D eigenvalue weighted by Crippen LogP contribution is -2.11. The van der Waals surface area contributed by atoms with Gasteiger partial charge in [-0.15, -0.1) is 0 Å². The molecule has 4 aromatic rings. The molecular formula is C18H13F4N7O. The molecule has 0 fully saturated rings. The smallest absolute Gasteiger partial charge is 0.387 e. The molecule has 0 atom stereocenters. The van der Waals surface area contributed by atoms with Gasteiger partial charge in [0.15, 0.2) is 5.82 Å². The van der Waals surface area contributed by atoms with Crippen LogP contribution in [-0.2, 0) is 0 Å². The third kappa shape index (κ3) is 3.92. The fourth-order valence-electron chi connectivity index (χ4n) is 2.79. The topological polar surface area (TPSA) is 104 Å². The average Bonchev–Trinajstić information content (AvgIpc) is 3.09. The van der Waals surface area contributed by atoms with Gasteiger partial charge in [0.25, 0.3) is 6.43 Å². The maximum Gasteiger partial charge on any atom is 0.387 e. The largest absolute Gasteiger partial charge is 0.435 e. The molecule has 12 heteroatoms. The quantitative estimate of drug-likeness (QED) is 0.454. The van der Waals surface area contributed by atoms with E-state index in [1.54, 1.807) is 24.3 Å². The zero-order valence-electron chi connectivity index (χ0n) is 15.0. The summed E-state index contributed by atoms with van der Waals surface area (Å²) in [7, 11) is 0. The minimum atomic E-state index is -2.94. The van der Waals surface area contributed by atoms with E-state index in [4.69, 9.17) is 5.73 Å². The van der Waals surface area contributed by atoms with E-state index in [1.165, 1.54) is 24.3 Å². The Morgan fingerprint density at radius 1 is 0.900 bits per heavy atom. The van der Waals surface area contributed by atoms with Gasteiger partial charge in [-0.2, -0.15) is 23.7 Å². The van der Waals surface area contributed by atoms with Gasteiger partial charge >= 0.3 is 6.61 Å². The number of nitrogen functional groups attached to an aromatic ring is 1. The maximum absolute atomic E-state index is 13.6. The number of benzene rings is 2. The molecule has 2 aromatic heterocycles. The highest BCUT2D eigenvalue weighted by Crippen LogP contribution is 2.27. The second kappa shape index (κ2) is 7.81. The third-order valence-electron chi connectivity index (χ3n) is 3.96. The molecule has 0 saturated carbocycles. The van der Waals surface area contributed by atoms with E-state index < -0.39 is 18.9 Å². The van der Waals surface area contributed by atoms with Gasteiger partial charge in [0, 0.05) is 5.69 Å². The summed E-state index contributed by atoms with van der Waals surface area (Å²) in [4.78, 5) is 16.0. The van der Waals surface area contributed by atoms with Crippen molar-refractivity contribution in [1.82, 2.24) is 24.5 Å². The van der Waals surface area contributed by atoms with Crippen LogP contribution >= 0.6 is 0 Å². The Morgan fingerprint density at radius 3 is 2.33 bits per heavy atom. The summed E-state index contributed by atoms with van der Waals surface area (Å²) in [6, 6.07) is 12.1. The van der Waals surface area contributed by atoms with Crippen molar-refractivity contribution in [1.29, 1.82) is 0 Å². The summed E-state index contributed by atoms with van der Waals surface area (Å²) in [5.74, 6) is -0.957. The molecule has 0 radical (unpaired) electrons. The Hall–Kier alpha value is -3.96. The number of para-hydroxylation sites is 2. The molecule has 0 aliphatic heterocycles. The molecule has 2 aromatic carbocycles. The van der Waals surface area contributed by atoms with Gasteiger partial charge in [0.2, 0.25) is 17.8 Å². The minimum Gasteiger partial charge on any atom is -0.435 e. The molecule has 0 amide bonds. The van der Waals surface area contributed by atoms with E-state index in [0.717, 1.165) is 4.57 Å². The van der Waals surface area contributed by atoms with E-state index in [0.29, 0.717) is 16.7 Å². The van der Waals surface area contributed by atoms with Crippen LogP contribution in [0.2, 0.25) is 0 Å². The van der Waals surface area contributed by atoms with Crippen molar-refractivity contribution < 1.29 is 22.3 Å². The lowest BCUT2D eigenvalue weighted by molar-refractivity contribution is -0.0498. The van der Waals surface area contributed by atoms with Crippen LogP contribution in [0.1, 0.15) is 12.2 Å². The van der Waals surface area contributed by atoms with Gasteiger partial charge in [0.1, 0.15) is 5.75 Å². The van der Waals surface area contributed by atoms with Gasteiger partial charge in [-0.25, -0.2) is 13.8 Å². The predicted molar refractivity (Wildman–Crippen MR) is 100 cm³/mol. The molecule has 8 nitrogen and oxygen atoms in total. The van der Waals surface area contributed by atoms with Crippen LogP contribution < -0.4 is 15.8 Å². The molecule has 3 N–H and O–H groups in total. The fraction of sp³-hybridized carbons (Fsp3) is 0.111. The third-order valence-corrected chi connectivity index (χ3v) is 3.96. The number of alkyl halides is 4. The van der Waals surface area contributed by atoms with Crippen LogP contribution in [-0.4, -0.2) is 31.1 Å². The molecular weight excluding hydrogens is 406 g/mol. The Bertz CT molecular complexity index is 1180. The highest BCUT2D eigenvalue weighted by molar-refractivity contribution is 5.77. The first-order valence-corrected chi connectivity index (χ1v) is 8.50. The van der Waals surface area contributed by atoms with Crippen LogP contribution in [0.5, 0.6) is 5.75 Å². The second-order valence-corrected chi connectivity index (χ2v) is 5.94. The lowest BCUT2D eigenvalue weighted by Gasteiger charge is -2.11. The number of ether oxygens (including phenoxy) is 1. The number of nitrogens with one attached hydrogen (secondary N) is 1. The molecule has 0 spiro atoms. The van der Waals surface area contributed by atoms with Gasteiger partial charge in [-0.3, -0.25) is 4.57 Å². The first-order valence-electron chi connectivity index (χ1n) is 8.50. The summed E-state index contributed by atoms with van der Waals surface area (Å²) in [6.07, 6.45) is -2.88. The van der Waals surface area contributed by atoms with Gasteiger partial charge in [-0.1, -0.05) is 12.1 Å². The summed E-state index contributed by atoms with van der Waals surface area (Å²) in [5, 5.41) is 2.82. The van der Waals surface area contributed by atoms with E-state index in [2.05, 4.69) is 30.0 Å². The van der Waals surface area contributed by atoms with Crippen LogP contribution in [0.3, 0.4) is 0 Å². The molecule has 0 saturated heterocycles. The van der Waals surface area contributed by atoms with Crippen LogP contribution in [0.15, 0.2) is 48.5 Å². The SMILES string of the molecule is Nc1nc(Nc2ccc(OC(F)F)cc2)nc(-n2c(C(F)F)nc3ccccc32)n1. The van der Waals surface area contributed by atoms with Crippen molar-refractivity contribution in [3.63, 3.8) is 0 Å². The molecule has 0 bridgehead atoms. The van der Waals surface area contributed by atoms with E-state index in [1.807, 2.05) is 0 Å². The van der Waals surface area contributed by atoms with Crippen molar-refractivity contribution in [2.24, 2.45) is 0 Å². The Labute approximate surface area is 166 Å². The maximum atomic E-state index is 13.6. The van der Waals surface area contributed by atoms with Crippen molar-refractivity contribution in [2.75, 3.05) is 11.1 Å². The average molecular weight is 419 g/mol. The van der Waals surface area contributed by atoms with Gasteiger partial charge in [-0.05, 0) is 36.4 Å². The second-order valence-electron chi connectivity index (χ2n) is 5.94. The number of anilines is 3. The molecule has 0 aliphatic rings.